The number of hydrogen-bond donors (Lipinski definition) is 2. The van der Waals surface area contributed by atoms with Crippen molar-refractivity contribution in [3.05, 3.63) is 101 Å². The van der Waals surface area contributed by atoms with E-state index < -0.39 is 17.3 Å². The molecule has 0 spiro atoms. The summed E-state index contributed by atoms with van der Waals surface area (Å²) in [6, 6.07) is 22.6. The van der Waals surface area contributed by atoms with Gasteiger partial charge in [0, 0.05) is 23.6 Å². The van der Waals surface area contributed by atoms with Crippen LogP contribution < -0.4 is 73.3 Å². The van der Waals surface area contributed by atoms with E-state index in [0.29, 0.717) is 43.3 Å². The largest absolute Gasteiger partial charge is 1.00 e. The molecule has 4 rings (SSSR count). The van der Waals surface area contributed by atoms with Crippen LogP contribution in [0.2, 0.25) is 0 Å². The van der Waals surface area contributed by atoms with Crippen LogP contribution in [0.4, 0.5) is 4.39 Å². The Morgan fingerprint density at radius 3 is 2.14 bits per heavy atom. The number of phenolic OH excluding ortho intramolecular Hbond substituents is 1. The normalized spacial score (nSPS) is 10.3. The third-order valence-corrected chi connectivity index (χ3v) is 6.45. The first-order chi connectivity index (χ1) is 19.4. The van der Waals surface area contributed by atoms with Gasteiger partial charge in [0.2, 0.25) is 0 Å². The summed E-state index contributed by atoms with van der Waals surface area (Å²) in [6.07, 6.45) is 2.78. The molecule has 0 heterocycles. The number of ether oxygens (including phenoxy) is 3. The van der Waals surface area contributed by atoms with Crippen molar-refractivity contribution < 1.29 is 95.6 Å². The molecular formula is C33H35FNa2O6. The quantitative estimate of drug-likeness (QED) is 0.183. The Morgan fingerprint density at radius 1 is 0.833 bits per heavy atom. The molecule has 0 aliphatic rings. The number of carboxylic acid groups (broad SMARTS) is 1. The van der Waals surface area contributed by atoms with Gasteiger partial charge in [0.25, 0.3) is 0 Å². The molecule has 0 bridgehead atoms. The number of aryl methyl sites for hydroxylation is 1. The maximum Gasteiger partial charge on any atom is 1.00 e. The number of rotatable bonds is 13. The summed E-state index contributed by atoms with van der Waals surface area (Å²) in [5.41, 5.74) is 2.99. The number of phenols is 1. The summed E-state index contributed by atoms with van der Waals surface area (Å²) in [7, 11) is 0. The first-order valence-corrected chi connectivity index (χ1v) is 13.4. The molecule has 0 amide bonds. The van der Waals surface area contributed by atoms with Crippen molar-refractivity contribution in [1.82, 2.24) is 0 Å². The van der Waals surface area contributed by atoms with Gasteiger partial charge < -0.3 is 27.3 Å². The van der Waals surface area contributed by atoms with Crippen LogP contribution >= 0.6 is 0 Å². The molecule has 2 N–H and O–H groups in total. The van der Waals surface area contributed by atoms with E-state index in [1.165, 1.54) is 12.1 Å². The molecule has 0 aliphatic heterocycles. The third-order valence-electron chi connectivity index (χ3n) is 6.45. The molecule has 0 atom stereocenters. The summed E-state index contributed by atoms with van der Waals surface area (Å²) in [4.78, 5) is 11.6. The summed E-state index contributed by atoms with van der Waals surface area (Å²) in [5.74, 6) is -0.470. The summed E-state index contributed by atoms with van der Waals surface area (Å²) in [5, 5.41) is 20.1. The molecule has 0 saturated heterocycles. The molecule has 0 fully saturated rings. The van der Waals surface area contributed by atoms with Crippen LogP contribution in [0.3, 0.4) is 0 Å². The molecule has 9 heteroatoms. The van der Waals surface area contributed by atoms with Crippen molar-refractivity contribution in [2.45, 2.75) is 39.5 Å². The number of aromatic hydroxyl groups is 1. The smallest absolute Gasteiger partial charge is 1.00 e. The van der Waals surface area contributed by atoms with Crippen LogP contribution in [0, 0.1) is 5.82 Å². The van der Waals surface area contributed by atoms with Crippen LogP contribution in [-0.2, 0) is 12.8 Å². The van der Waals surface area contributed by atoms with E-state index in [0.717, 1.165) is 41.2 Å². The predicted octanol–water partition coefficient (Wildman–Crippen LogP) is 2.28. The molecule has 6 nitrogen and oxygen atoms in total. The van der Waals surface area contributed by atoms with Gasteiger partial charge in [0.1, 0.15) is 40.1 Å². The van der Waals surface area contributed by atoms with Gasteiger partial charge in [-0.3, -0.25) is 0 Å². The number of hydrogen-bond acceptors (Lipinski definition) is 5. The van der Waals surface area contributed by atoms with Gasteiger partial charge in [0.05, 0.1) is 13.2 Å². The maximum absolute atomic E-state index is 14.1. The van der Waals surface area contributed by atoms with E-state index >= 15 is 0 Å². The molecular weight excluding hydrogens is 557 g/mol. The molecule has 212 valence electrons. The second kappa shape index (κ2) is 17.6. The molecule has 0 aromatic heterocycles. The van der Waals surface area contributed by atoms with Crippen LogP contribution in [-0.4, -0.2) is 29.4 Å². The van der Waals surface area contributed by atoms with Crippen LogP contribution in [0.1, 0.15) is 51.0 Å². The van der Waals surface area contributed by atoms with Gasteiger partial charge in [-0.1, -0.05) is 62.7 Å². The average Bonchev–Trinajstić information content (AvgIpc) is 2.95. The molecule has 4 aromatic carbocycles. The number of aromatic carboxylic acids is 1. The van der Waals surface area contributed by atoms with Crippen molar-refractivity contribution in [1.29, 1.82) is 0 Å². The van der Waals surface area contributed by atoms with E-state index in [4.69, 9.17) is 14.2 Å². The van der Waals surface area contributed by atoms with E-state index in [-0.39, 0.29) is 73.5 Å². The average molecular weight is 593 g/mol. The Hall–Kier alpha value is -2.52. The molecule has 4 aromatic rings. The van der Waals surface area contributed by atoms with Crippen LogP contribution in [0.5, 0.6) is 28.7 Å². The fourth-order valence-corrected chi connectivity index (χ4v) is 4.48. The number of carbonyl (C=O) groups is 1. The Kier molecular flexibility index (Phi) is 14.9. The van der Waals surface area contributed by atoms with Crippen molar-refractivity contribution in [2.24, 2.45) is 0 Å². The minimum Gasteiger partial charge on any atom is -1.00 e. The minimum absolute atomic E-state index is 0. The van der Waals surface area contributed by atoms with E-state index in [9.17, 15) is 19.4 Å². The monoisotopic (exact) mass is 592 g/mol. The zero-order valence-corrected chi connectivity index (χ0v) is 28.7. The Morgan fingerprint density at radius 2 is 1.48 bits per heavy atom. The minimum atomic E-state index is -1.40. The van der Waals surface area contributed by atoms with Gasteiger partial charge in [-0.15, -0.1) is 0 Å². The standard InChI is InChI=1S/C33H33FO6.2Na.2H/c1-3-11-24-28(15-9-16-29(24)40-30-17-8-14-26(34)32(30)33(36)37)38-18-10-19-39-31-21-27(35)25(20-22(31)4-2)23-12-6-5-7-13-23;;;;/h5-9,12-17,20-21,35H,3-4,10-11,18-19H2,1-2H3,(H,36,37);;;;/q;2*+1;2*-1. The maximum atomic E-state index is 14.1. The molecule has 0 radical (unpaired) electrons. The number of carboxylic acids is 1. The fraction of sp³-hybridized carbons (Fsp3) is 0.242. The molecule has 42 heavy (non-hydrogen) atoms. The molecule has 0 unspecified atom stereocenters. The van der Waals surface area contributed by atoms with E-state index in [1.807, 2.05) is 56.3 Å². The van der Waals surface area contributed by atoms with Crippen molar-refractivity contribution >= 4 is 5.97 Å². The first-order valence-electron chi connectivity index (χ1n) is 13.4. The van der Waals surface area contributed by atoms with Crippen LogP contribution in [0.25, 0.3) is 11.1 Å². The predicted molar refractivity (Wildman–Crippen MR) is 155 cm³/mol. The van der Waals surface area contributed by atoms with Crippen LogP contribution in [0.15, 0.2) is 78.9 Å². The molecule has 0 aliphatic carbocycles. The number of benzene rings is 4. The summed E-state index contributed by atoms with van der Waals surface area (Å²) < 4.78 is 32.1. The molecule has 0 saturated carbocycles. The van der Waals surface area contributed by atoms with Crippen molar-refractivity contribution in [2.75, 3.05) is 13.2 Å². The van der Waals surface area contributed by atoms with Gasteiger partial charge in [-0.25, -0.2) is 9.18 Å². The van der Waals surface area contributed by atoms with E-state index in [1.54, 1.807) is 18.2 Å². The summed E-state index contributed by atoms with van der Waals surface area (Å²) >= 11 is 0. The first kappa shape index (κ1) is 35.7. The fourth-order valence-electron chi connectivity index (χ4n) is 4.48. The summed E-state index contributed by atoms with van der Waals surface area (Å²) in [6.45, 7) is 4.82. The number of halogens is 1. The second-order valence-corrected chi connectivity index (χ2v) is 9.25. The van der Waals surface area contributed by atoms with Crippen molar-refractivity contribution in [3.8, 4) is 39.9 Å². The van der Waals surface area contributed by atoms with Gasteiger partial charge in [-0.2, -0.15) is 0 Å². The topological polar surface area (TPSA) is 85.2 Å². The third kappa shape index (κ3) is 8.99. The van der Waals surface area contributed by atoms with Gasteiger partial charge in [-0.05, 0) is 54.3 Å². The van der Waals surface area contributed by atoms with Gasteiger partial charge >= 0.3 is 65.1 Å². The second-order valence-electron chi connectivity index (χ2n) is 9.25. The zero-order valence-electron chi connectivity index (χ0n) is 26.7. The SMILES string of the molecule is CCCc1c(OCCCOc2cc(O)c(-c3ccccc3)cc2CC)cccc1Oc1cccc(F)c1C(=O)O.[H-].[H-].[Na+].[Na+]. The van der Waals surface area contributed by atoms with E-state index in [2.05, 4.69) is 0 Å². The van der Waals surface area contributed by atoms with Crippen molar-refractivity contribution in [3.63, 3.8) is 0 Å². The zero-order chi connectivity index (χ0) is 28.5. The van der Waals surface area contributed by atoms with Gasteiger partial charge in [0.15, 0.2) is 0 Å². The Labute approximate surface area is 293 Å². The Balaban J connectivity index is 0.00000462. The Bertz CT molecular complexity index is 1470.